The number of allylic oxidation sites excluding steroid dienone is 4. The van der Waals surface area contributed by atoms with Gasteiger partial charge in [-0.3, -0.25) is 0 Å². The maximum atomic E-state index is 5.60. The molecule has 2 N–H and O–H groups in total. The van der Waals surface area contributed by atoms with Crippen LogP contribution in [0.5, 0.6) is 0 Å². The Kier molecular flexibility index (Phi) is 3.25. The molecule has 2 nitrogen and oxygen atoms in total. The number of ether oxygens (including phenoxy) is 1. The Morgan fingerprint density at radius 3 is 3.20 bits per heavy atom. The van der Waals surface area contributed by atoms with Crippen LogP contribution in [0.2, 0.25) is 0 Å². The zero-order chi connectivity index (χ0) is 10.7. The molecule has 0 bridgehead atoms. The van der Waals surface area contributed by atoms with Gasteiger partial charge in [0.05, 0.1) is 6.10 Å². The average Bonchev–Trinajstić information content (AvgIpc) is 2.91. The van der Waals surface area contributed by atoms with Gasteiger partial charge < -0.3 is 10.5 Å². The van der Waals surface area contributed by atoms with Gasteiger partial charge in [-0.2, -0.15) is 0 Å². The monoisotopic (exact) mass is 203 g/mol. The second-order valence-electron chi connectivity index (χ2n) is 4.37. The lowest BCUT2D eigenvalue weighted by Crippen LogP contribution is -2.09. The van der Waals surface area contributed by atoms with Gasteiger partial charge in [-0.1, -0.05) is 36.5 Å². The summed E-state index contributed by atoms with van der Waals surface area (Å²) >= 11 is 0. The fourth-order valence-electron chi connectivity index (χ4n) is 1.93. The Bertz CT molecular complexity index is 345. The molecule has 0 spiro atoms. The van der Waals surface area contributed by atoms with Crippen molar-refractivity contribution in [2.24, 2.45) is 11.7 Å². The molecule has 0 aromatic rings. The van der Waals surface area contributed by atoms with E-state index in [0.717, 1.165) is 19.3 Å². The van der Waals surface area contributed by atoms with E-state index in [9.17, 15) is 0 Å². The van der Waals surface area contributed by atoms with Crippen LogP contribution < -0.4 is 5.73 Å². The van der Waals surface area contributed by atoms with E-state index in [1.807, 2.05) is 12.2 Å². The van der Waals surface area contributed by atoms with Gasteiger partial charge >= 0.3 is 0 Å². The summed E-state index contributed by atoms with van der Waals surface area (Å²) in [5.41, 5.74) is 7.02. The van der Waals surface area contributed by atoms with E-state index < -0.39 is 0 Å². The minimum Gasteiger partial charge on any atom is -0.353 e. The molecule has 1 fully saturated rings. The van der Waals surface area contributed by atoms with Crippen molar-refractivity contribution in [3.05, 3.63) is 23.8 Å². The SMILES string of the molecule is C[C@@H](CC1=CC=CC#CC1)CC1O[C@H]1N. The smallest absolute Gasteiger partial charge is 0.132 e. The van der Waals surface area contributed by atoms with Crippen LogP contribution in [0.15, 0.2) is 23.8 Å². The van der Waals surface area contributed by atoms with Crippen molar-refractivity contribution in [2.45, 2.75) is 38.5 Å². The Morgan fingerprint density at radius 2 is 2.47 bits per heavy atom. The van der Waals surface area contributed by atoms with Gasteiger partial charge in [0.2, 0.25) is 0 Å². The molecule has 1 unspecified atom stereocenters. The minimum atomic E-state index is -0.00440. The minimum absolute atomic E-state index is 0.00440. The van der Waals surface area contributed by atoms with Crippen LogP contribution in [0, 0.1) is 17.8 Å². The van der Waals surface area contributed by atoms with Crippen molar-refractivity contribution >= 4 is 0 Å². The summed E-state index contributed by atoms with van der Waals surface area (Å²) in [5.74, 6) is 6.73. The molecule has 80 valence electrons. The first-order valence-corrected chi connectivity index (χ1v) is 5.49. The third kappa shape index (κ3) is 3.23. The molecule has 0 radical (unpaired) electrons. The highest BCUT2D eigenvalue weighted by molar-refractivity contribution is 5.29. The third-order valence-electron chi connectivity index (χ3n) is 2.80. The van der Waals surface area contributed by atoms with E-state index in [-0.39, 0.29) is 6.23 Å². The van der Waals surface area contributed by atoms with Gasteiger partial charge in [-0.15, -0.1) is 0 Å². The Balaban J connectivity index is 1.78. The summed E-state index contributed by atoms with van der Waals surface area (Å²) in [4.78, 5) is 0. The molecular weight excluding hydrogens is 186 g/mol. The highest BCUT2D eigenvalue weighted by Gasteiger charge is 2.35. The zero-order valence-corrected chi connectivity index (χ0v) is 9.07. The summed E-state index contributed by atoms with van der Waals surface area (Å²) in [6.45, 7) is 2.25. The lowest BCUT2D eigenvalue weighted by atomic mass is 9.95. The van der Waals surface area contributed by atoms with Gasteiger partial charge in [-0.05, 0) is 24.8 Å². The first-order chi connectivity index (χ1) is 7.25. The molecule has 0 saturated carbocycles. The van der Waals surface area contributed by atoms with Gasteiger partial charge in [0.1, 0.15) is 6.23 Å². The molecular formula is C13H17NO. The first kappa shape index (κ1) is 10.5. The summed E-state index contributed by atoms with van der Waals surface area (Å²) < 4.78 is 5.22. The van der Waals surface area contributed by atoms with Gasteiger partial charge in [0, 0.05) is 6.42 Å². The molecule has 2 heteroatoms. The number of hydrogen-bond acceptors (Lipinski definition) is 2. The highest BCUT2D eigenvalue weighted by Crippen LogP contribution is 2.28. The average molecular weight is 203 g/mol. The van der Waals surface area contributed by atoms with Crippen LogP contribution in [0.4, 0.5) is 0 Å². The van der Waals surface area contributed by atoms with Crippen molar-refractivity contribution in [2.75, 3.05) is 0 Å². The molecule has 0 aromatic heterocycles. The summed E-state index contributed by atoms with van der Waals surface area (Å²) in [6, 6.07) is 0. The van der Waals surface area contributed by atoms with Crippen LogP contribution in [-0.4, -0.2) is 12.3 Å². The van der Waals surface area contributed by atoms with E-state index >= 15 is 0 Å². The molecule has 15 heavy (non-hydrogen) atoms. The molecule has 2 rings (SSSR count). The number of hydrogen-bond donors (Lipinski definition) is 1. The zero-order valence-electron chi connectivity index (χ0n) is 9.07. The first-order valence-electron chi connectivity index (χ1n) is 5.49. The Morgan fingerprint density at radius 1 is 1.67 bits per heavy atom. The van der Waals surface area contributed by atoms with Crippen LogP contribution in [-0.2, 0) is 4.74 Å². The number of nitrogens with two attached hydrogens (primary N) is 1. The molecule has 0 aromatic carbocycles. The fraction of sp³-hybridized carbons (Fsp3) is 0.538. The lowest BCUT2D eigenvalue weighted by molar-refractivity contribution is 0.342. The highest BCUT2D eigenvalue weighted by atomic mass is 16.6. The van der Waals surface area contributed by atoms with Crippen molar-refractivity contribution in [3.8, 4) is 11.8 Å². The van der Waals surface area contributed by atoms with E-state index in [2.05, 4.69) is 24.8 Å². The normalized spacial score (nSPS) is 29.9. The van der Waals surface area contributed by atoms with Crippen LogP contribution in [0.25, 0.3) is 0 Å². The van der Waals surface area contributed by atoms with E-state index in [0.29, 0.717) is 12.0 Å². The topological polar surface area (TPSA) is 38.5 Å². The van der Waals surface area contributed by atoms with Crippen LogP contribution in [0.1, 0.15) is 26.2 Å². The van der Waals surface area contributed by atoms with Crippen LogP contribution >= 0.6 is 0 Å². The predicted octanol–water partition coefficient (Wildman–Crippen LogP) is 1.98. The Labute approximate surface area is 91.2 Å². The maximum absolute atomic E-state index is 5.60. The molecule has 0 amide bonds. The molecule has 1 aliphatic carbocycles. The second kappa shape index (κ2) is 4.65. The number of rotatable bonds is 4. The fourth-order valence-corrected chi connectivity index (χ4v) is 1.93. The summed E-state index contributed by atoms with van der Waals surface area (Å²) in [7, 11) is 0. The van der Waals surface area contributed by atoms with E-state index in [1.165, 1.54) is 5.57 Å². The largest absolute Gasteiger partial charge is 0.353 e. The summed E-state index contributed by atoms with van der Waals surface area (Å²) in [6.07, 6.45) is 9.45. The van der Waals surface area contributed by atoms with Gasteiger partial charge in [0.25, 0.3) is 0 Å². The Hall–Kier alpha value is -1.04. The molecule has 1 heterocycles. The van der Waals surface area contributed by atoms with Gasteiger partial charge in [0.15, 0.2) is 0 Å². The standard InChI is InChI=1S/C13H17NO/c1-10(9-12-13(14)15-12)8-11-6-4-2-3-5-7-11/h2,4,6,10,12-13H,7-9,14H2,1H3/t10-,12?,13+/m0/s1. The second-order valence-corrected chi connectivity index (χ2v) is 4.37. The molecule has 2 aliphatic rings. The van der Waals surface area contributed by atoms with E-state index in [1.54, 1.807) is 0 Å². The summed E-state index contributed by atoms with van der Waals surface area (Å²) in [5, 5.41) is 0. The van der Waals surface area contributed by atoms with Crippen molar-refractivity contribution in [1.29, 1.82) is 0 Å². The van der Waals surface area contributed by atoms with Gasteiger partial charge in [-0.25, -0.2) is 0 Å². The molecule has 3 atom stereocenters. The third-order valence-corrected chi connectivity index (χ3v) is 2.80. The maximum Gasteiger partial charge on any atom is 0.132 e. The number of epoxide rings is 1. The van der Waals surface area contributed by atoms with Crippen molar-refractivity contribution < 1.29 is 4.74 Å². The lowest BCUT2D eigenvalue weighted by Gasteiger charge is -2.10. The predicted molar refractivity (Wildman–Crippen MR) is 60.9 cm³/mol. The quantitative estimate of drug-likeness (QED) is 0.560. The molecule has 1 saturated heterocycles. The van der Waals surface area contributed by atoms with Crippen molar-refractivity contribution in [3.63, 3.8) is 0 Å². The van der Waals surface area contributed by atoms with E-state index in [4.69, 9.17) is 10.5 Å². The van der Waals surface area contributed by atoms with Crippen molar-refractivity contribution in [1.82, 2.24) is 0 Å². The van der Waals surface area contributed by atoms with Crippen LogP contribution in [0.3, 0.4) is 0 Å². The molecule has 1 aliphatic heterocycles.